The van der Waals surface area contributed by atoms with Gasteiger partial charge in [0.25, 0.3) is 5.91 Å². The summed E-state index contributed by atoms with van der Waals surface area (Å²) in [5.74, 6) is -0.754. The van der Waals surface area contributed by atoms with Crippen LogP contribution in [-0.2, 0) is 9.53 Å². The van der Waals surface area contributed by atoms with E-state index in [1.165, 1.54) is 0 Å². The fourth-order valence-electron chi connectivity index (χ4n) is 1.87. The zero-order valence-electron chi connectivity index (χ0n) is 11.8. The third kappa shape index (κ3) is 4.45. The average Bonchev–Trinajstić information content (AvgIpc) is 2.54. The molecule has 0 radical (unpaired) electrons. The summed E-state index contributed by atoms with van der Waals surface area (Å²) in [6.45, 7) is 1.65. The Morgan fingerprint density at radius 3 is 2.19 bits per heavy atom. The van der Waals surface area contributed by atoms with Gasteiger partial charge in [-0.2, -0.15) is 0 Å². The van der Waals surface area contributed by atoms with Gasteiger partial charge in [0.1, 0.15) is 12.6 Å². The molecule has 4 nitrogen and oxygen atoms in total. The van der Waals surface area contributed by atoms with Crippen LogP contribution < -0.4 is 5.32 Å². The third-order valence-electron chi connectivity index (χ3n) is 3.01. The monoisotopic (exact) mass is 283 g/mol. The van der Waals surface area contributed by atoms with Crippen molar-refractivity contribution < 1.29 is 14.3 Å². The summed E-state index contributed by atoms with van der Waals surface area (Å²) in [6.07, 6.45) is -0.340. The maximum atomic E-state index is 11.8. The van der Waals surface area contributed by atoms with Gasteiger partial charge in [0, 0.05) is 5.56 Å². The van der Waals surface area contributed by atoms with Crippen molar-refractivity contribution >= 4 is 11.9 Å². The molecule has 0 heterocycles. The number of carbonyl (C=O) groups is 2. The Morgan fingerprint density at radius 1 is 1.00 bits per heavy atom. The quantitative estimate of drug-likeness (QED) is 0.858. The second-order valence-corrected chi connectivity index (χ2v) is 4.59. The van der Waals surface area contributed by atoms with Crippen molar-refractivity contribution in [1.29, 1.82) is 0 Å². The highest BCUT2D eigenvalue weighted by Crippen LogP contribution is 2.15. The lowest BCUT2D eigenvalue weighted by Crippen LogP contribution is -2.31. The van der Waals surface area contributed by atoms with Gasteiger partial charge in [0.15, 0.2) is 0 Å². The van der Waals surface area contributed by atoms with E-state index in [9.17, 15) is 9.59 Å². The molecule has 2 aromatic rings. The molecule has 0 spiro atoms. The fourth-order valence-corrected chi connectivity index (χ4v) is 1.87. The van der Waals surface area contributed by atoms with Crippen LogP contribution in [0.2, 0.25) is 0 Å². The molecule has 1 atom stereocenters. The van der Waals surface area contributed by atoms with E-state index in [0.717, 1.165) is 5.56 Å². The van der Waals surface area contributed by atoms with E-state index in [-0.39, 0.29) is 18.6 Å². The molecule has 0 aliphatic heterocycles. The minimum Gasteiger partial charge on any atom is -0.456 e. The Hall–Kier alpha value is -2.62. The first-order valence-electron chi connectivity index (χ1n) is 6.74. The molecule has 2 rings (SSSR count). The molecule has 21 heavy (non-hydrogen) atoms. The summed E-state index contributed by atoms with van der Waals surface area (Å²) >= 11 is 0. The first-order chi connectivity index (χ1) is 10.2. The Labute approximate surface area is 123 Å². The highest BCUT2D eigenvalue weighted by molar-refractivity contribution is 5.95. The van der Waals surface area contributed by atoms with Gasteiger partial charge in [-0.05, 0) is 24.6 Å². The van der Waals surface area contributed by atoms with E-state index >= 15 is 0 Å². The number of esters is 1. The smallest absolute Gasteiger partial charge is 0.326 e. The lowest BCUT2D eigenvalue weighted by molar-refractivity contribution is -0.147. The second kappa shape index (κ2) is 7.24. The number of hydrogen-bond donors (Lipinski definition) is 1. The largest absolute Gasteiger partial charge is 0.456 e. The van der Waals surface area contributed by atoms with Crippen LogP contribution in [0.1, 0.15) is 28.9 Å². The zero-order valence-corrected chi connectivity index (χ0v) is 11.8. The molecule has 0 fully saturated rings. The van der Waals surface area contributed by atoms with E-state index in [2.05, 4.69) is 5.32 Å². The van der Waals surface area contributed by atoms with Crippen LogP contribution in [0.3, 0.4) is 0 Å². The predicted octanol–water partition coefficient (Wildman–Crippen LogP) is 2.72. The average molecular weight is 283 g/mol. The third-order valence-corrected chi connectivity index (χ3v) is 3.01. The van der Waals surface area contributed by atoms with E-state index in [4.69, 9.17) is 4.74 Å². The molecule has 2 aromatic carbocycles. The SMILES string of the molecule is C[C@H](OC(=O)CNC(=O)c1ccccc1)c1ccccc1. The zero-order chi connectivity index (χ0) is 15.1. The molecule has 1 N–H and O–H groups in total. The molecule has 0 saturated heterocycles. The van der Waals surface area contributed by atoms with Gasteiger partial charge < -0.3 is 10.1 Å². The number of amides is 1. The summed E-state index contributed by atoms with van der Waals surface area (Å²) < 4.78 is 5.27. The van der Waals surface area contributed by atoms with E-state index in [1.807, 2.05) is 36.4 Å². The first-order valence-corrected chi connectivity index (χ1v) is 6.74. The van der Waals surface area contributed by atoms with Crippen molar-refractivity contribution in [2.24, 2.45) is 0 Å². The highest BCUT2D eigenvalue weighted by Gasteiger charge is 2.12. The Balaban J connectivity index is 1.81. The lowest BCUT2D eigenvalue weighted by Gasteiger charge is -2.13. The molecule has 0 aliphatic rings. The predicted molar refractivity (Wildman–Crippen MR) is 79.7 cm³/mol. The molecule has 0 aromatic heterocycles. The molecule has 0 aliphatic carbocycles. The summed E-state index contributed by atoms with van der Waals surface area (Å²) in [5, 5.41) is 2.54. The first kappa shape index (κ1) is 14.8. The van der Waals surface area contributed by atoms with Gasteiger partial charge in [0.05, 0.1) is 0 Å². The van der Waals surface area contributed by atoms with E-state index < -0.39 is 5.97 Å². The van der Waals surface area contributed by atoms with Crippen LogP contribution >= 0.6 is 0 Å². The lowest BCUT2D eigenvalue weighted by atomic mass is 10.1. The van der Waals surface area contributed by atoms with Gasteiger partial charge in [-0.25, -0.2) is 0 Å². The molecule has 0 unspecified atom stereocenters. The molecule has 108 valence electrons. The molecule has 0 bridgehead atoms. The summed E-state index contributed by atoms with van der Waals surface area (Å²) in [5.41, 5.74) is 1.43. The van der Waals surface area contributed by atoms with Crippen LogP contribution in [0.15, 0.2) is 60.7 Å². The van der Waals surface area contributed by atoms with Gasteiger partial charge in [0.2, 0.25) is 0 Å². The number of hydrogen-bond acceptors (Lipinski definition) is 3. The van der Waals surface area contributed by atoms with Crippen molar-refractivity contribution in [2.75, 3.05) is 6.54 Å². The number of ether oxygens (including phenoxy) is 1. The van der Waals surface area contributed by atoms with Crippen LogP contribution in [0.4, 0.5) is 0 Å². The van der Waals surface area contributed by atoms with Crippen molar-refractivity contribution in [2.45, 2.75) is 13.0 Å². The number of benzene rings is 2. The molecule has 4 heteroatoms. The Bertz CT molecular complexity index is 596. The topological polar surface area (TPSA) is 55.4 Å². The number of nitrogens with one attached hydrogen (secondary N) is 1. The summed E-state index contributed by atoms with van der Waals surface area (Å²) in [7, 11) is 0. The minimum atomic E-state index is -0.462. The van der Waals surface area contributed by atoms with Crippen molar-refractivity contribution in [3.63, 3.8) is 0 Å². The Morgan fingerprint density at radius 2 is 1.57 bits per heavy atom. The van der Waals surface area contributed by atoms with Gasteiger partial charge in [-0.15, -0.1) is 0 Å². The van der Waals surface area contributed by atoms with Gasteiger partial charge in [-0.1, -0.05) is 48.5 Å². The van der Waals surface area contributed by atoms with Gasteiger partial charge in [-0.3, -0.25) is 9.59 Å². The maximum absolute atomic E-state index is 11.8. The van der Waals surface area contributed by atoms with Crippen LogP contribution in [0, 0.1) is 0 Å². The van der Waals surface area contributed by atoms with Crippen molar-refractivity contribution in [3.8, 4) is 0 Å². The summed E-state index contributed by atoms with van der Waals surface area (Å²) in [6, 6.07) is 18.2. The van der Waals surface area contributed by atoms with Crippen LogP contribution in [-0.4, -0.2) is 18.4 Å². The minimum absolute atomic E-state index is 0.148. The van der Waals surface area contributed by atoms with Gasteiger partial charge >= 0.3 is 5.97 Å². The number of carbonyl (C=O) groups excluding carboxylic acids is 2. The molecular weight excluding hydrogens is 266 g/mol. The second-order valence-electron chi connectivity index (χ2n) is 4.59. The van der Waals surface area contributed by atoms with E-state index in [0.29, 0.717) is 5.56 Å². The van der Waals surface area contributed by atoms with Crippen LogP contribution in [0.25, 0.3) is 0 Å². The van der Waals surface area contributed by atoms with E-state index in [1.54, 1.807) is 31.2 Å². The van der Waals surface area contributed by atoms with Crippen molar-refractivity contribution in [3.05, 3.63) is 71.8 Å². The summed E-state index contributed by atoms with van der Waals surface area (Å²) in [4.78, 5) is 23.5. The normalized spacial score (nSPS) is 11.5. The molecular formula is C17H17NO3. The van der Waals surface area contributed by atoms with Crippen molar-refractivity contribution in [1.82, 2.24) is 5.32 Å². The maximum Gasteiger partial charge on any atom is 0.326 e. The van der Waals surface area contributed by atoms with Crippen LogP contribution in [0.5, 0.6) is 0 Å². The molecule has 0 saturated carbocycles. The fraction of sp³-hybridized carbons (Fsp3) is 0.176. The molecule has 1 amide bonds. The Kier molecular flexibility index (Phi) is 5.10. The number of rotatable bonds is 5. The standard InChI is InChI=1S/C17H17NO3/c1-13(14-8-4-2-5-9-14)21-16(19)12-18-17(20)15-10-6-3-7-11-15/h2-11,13H,12H2,1H3,(H,18,20)/t13-/m0/s1. The highest BCUT2D eigenvalue weighted by atomic mass is 16.5.